The van der Waals surface area contributed by atoms with E-state index in [0.717, 1.165) is 5.56 Å². The van der Waals surface area contributed by atoms with Crippen LogP contribution in [0.4, 0.5) is 0 Å². The number of nitrogens with zero attached hydrogens (tertiary/aromatic N) is 1. The van der Waals surface area contributed by atoms with E-state index in [2.05, 4.69) is 5.16 Å². The molecule has 0 aliphatic carbocycles. The lowest BCUT2D eigenvalue weighted by Crippen LogP contribution is -2.06. The van der Waals surface area contributed by atoms with Crippen molar-refractivity contribution < 1.29 is 23.9 Å². The summed E-state index contributed by atoms with van der Waals surface area (Å²) in [5.74, 6) is 0.145. The van der Waals surface area contributed by atoms with Gasteiger partial charge in [0.05, 0.1) is 18.4 Å². The number of aromatic nitrogens is 1. The van der Waals surface area contributed by atoms with Crippen LogP contribution in [0.2, 0.25) is 0 Å². The number of aryl methyl sites for hydroxylation is 2. The molecule has 0 saturated carbocycles. The average Bonchev–Trinajstić information content (AvgIpc) is 2.75. The van der Waals surface area contributed by atoms with Gasteiger partial charge in [0.2, 0.25) is 0 Å². The lowest BCUT2D eigenvalue weighted by atomic mass is 10.2. The van der Waals surface area contributed by atoms with Crippen molar-refractivity contribution in [3.63, 3.8) is 0 Å². The van der Waals surface area contributed by atoms with Crippen molar-refractivity contribution in [2.24, 2.45) is 0 Å². The largest absolute Gasteiger partial charge is 0.493 e. The molecular weight excluding hydrogens is 262 g/mol. The van der Waals surface area contributed by atoms with E-state index >= 15 is 0 Å². The van der Waals surface area contributed by atoms with Gasteiger partial charge in [-0.15, -0.1) is 0 Å². The van der Waals surface area contributed by atoms with Crippen LogP contribution in [0, 0.1) is 13.8 Å². The standard InChI is InChI=1S/C14H15NO5/c1-8-11(9(2)20-15-8)7-19-13-10(14(16)17)5-4-6-12(13)18-3/h4-6H,7H2,1-3H3,(H,16,17). The van der Waals surface area contributed by atoms with Gasteiger partial charge in [-0.2, -0.15) is 0 Å². The van der Waals surface area contributed by atoms with Crippen molar-refractivity contribution in [1.29, 1.82) is 0 Å². The van der Waals surface area contributed by atoms with Crippen LogP contribution in [-0.4, -0.2) is 23.3 Å². The van der Waals surface area contributed by atoms with E-state index in [9.17, 15) is 9.90 Å². The van der Waals surface area contributed by atoms with E-state index in [-0.39, 0.29) is 17.9 Å². The van der Waals surface area contributed by atoms with Crippen LogP contribution < -0.4 is 9.47 Å². The number of carboxylic acids is 1. The fourth-order valence-electron chi connectivity index (χ4n) is 1.85. The highest BCUT2D eigenvalue weighted by molar-refractivity contribution is 5.92. The maximum atomic E-state index is 11.2. The minimum absolute atomic E-state index is 0.0520. The Kier molecular flexibility index (Phi) is 3.93. The quantitative estimate of drug-likeness (QED) is 0.904. The van der Waals surface area contributed by atoms with E-state index in [1.165, 1.54) is 13.2 Å². The Labute approximate surface area is 115 Å². The number of rotatable bonds is 5. The highest BCUT2D eigenvalue weighted by Gasteiger charge is 2.18. The summed E-state index contributed by atoms with van der Waals surface area (Å²) >= 11 is 0. The van der Waals surface area contributed by atoms with Gasteiger partial charge in [0.1, 0.15) is 17.9 Å². The third kappa shape index (κ3) is 2.59. The molecule has 0 aliphatic heterocycles. The lowest BCUT2D eigenvalue weighted by Gasteiger charge is -2.12. The second kappa shape index (κ2) is 5.64. The number of aromatic carboxylic acids is 1. The number of hydrogen-bond donors (Lipinski definition) is 1. The van der Waals surface area contributed by atoms with Gasteiger partial charge in [0.15, 0.2) is 11.5 Å². The zero-order valence-electron chi connectivity index (χ0n) is 11.5. The van der Waals surface area contributed by atoms with Crippen molar-refractivity contribution in [3.05, 3.63) is 40.8 Å². The van der Waals surface area contributed by atoms with Gasteiger partial charge in [-0.05, 0) is 26.0 Å². The summed E-state index contributed by atoms with van der Waals surface area (Å²) in [7, 11) is 1.46. The number of methoxy groups -OCH3 is 1. The Balaban J connectivity index is 2.31. The van der Waals surface area contributed by atoms with E-state index in [1.807, 2.05) is 0 Å². The van der Waals surface area contributed by atoms with Gasteiger partial charge in [-0.1, -0.05) is 11.2 Å². The summed E-state index contributed by atoms with van der Waals surface area (Å²) in [6.45, 7) is 3.75. The van der Waals surface area contributed by atoms with Crippen molar-refractivity contribution in [1.82, 2.24) is 5.16 Å². The van der Waals surface area contributed by atoms with Crippen LogP contribution in [0.25, 0.3) is 0 Å². The number of hydrogen-bond acceptors (Lipinski definition) is 5. The van der Waals surface area contributed by atoms with Crippen LogP contribution in [0.3, 0.4) is 0 Å². The lowest BCUT2D eigenvalue weighted by molar-refractivity contribution is 0.0691. The Morgan fingerprint density at radius 2 is 2.15 bits per heavy atom. The van der Waals surface area contributed by atoms with Gasteiger partial charge >= 0.3 is 5.97 Å². The van der Waals surface area contributed by atoms with Crippen molar-refractivity contribution in [3.8, 4) is 11.5 Å². The SMILES string of the molecule is COc1cccc(C(=O)O)c1OCc1c(C)noc1C. The maximum Gasteiger partial charge on any atom is 0.339 e. The first-order valence-corrected chi connectivity index (χ1v) is 5.99. The second-order valence-corrected chi connectivity index (χ2v) is 4.23. The number of para-hydroxylation sites is 1. The fraction of sp³-hybridized carbons (Fsp3) is 0.286. The maximum absolute atomic E-state index is 11.2. The van der Waals surface area contributed by atoms with Gasteiger partial charge < -0.3 is 19.1 Å². The van der Waals surface area contributed by atoms with E-state index in [0.29, 0.717) is 17.2 Å². The zero-order valence-corrected chi connectivity index (χ0v) is 11.5. The molecule has 0 radical (unpaired) electrons. The summed E-state index contributed by atoms with van der Waals surface area (Å²) in [5.41, 5.74) is 1.57. The molecule has 1 aromatic heterocycles. The molecule has 106 valence electrons. The minimum Gasteiger partial charge on any atom is -0.493 e. The first kappa shape index (κ1) is 13.9. The second-order valence-electron chi connectivity index (χ2n) is 4.23. The number of carbonyl (C=O) groups is 1. The number of benzene rings is 1. The Morgan fingerprint density at radius 3 is 2.70 bits per heavy atom. The topological polar surface area (TPSA) is 81.8 Å². The Hall–Kier alpha value is -2.50. The monoisotopic (exact) mass is 277 g/mol. The molecule has 0 unspecified atom stereocenters. The third-order valence-corrected chi connectivity index (χ3v) is 2.97. The van der Waals surface area contributed by atoms with Gasteiger partial charge in [0.25, 0.3) is 0 Å². The summed E-state index contributed by atoms with van der Waals surface area (Å²) < 4.78 is 15.8. The molecule has 1 aromatic carbocycles. The molecule has 6 nitrogen and oxygen atoms in total. The molecular formula is C14H15NO5. The number of ether oxygens (including phenoxy) is 2. The normalized spacial score (nSPS) is 10.3. The predicted molar refractivity (Wildman–Crippen MR) is 70.3 cm³/mol. The predicted octanol–water partition coefficient (Wildman–Crippen LogP) is 2.58. The first-order valence-electron chi connectivity index (χ1n) is 5.99. The summed E-state index contributed by atoms with van der Waals surface area (Å²) in [6.07, 6.45) is 0. The first-order chi connectivity index (χ1) is 9.54. The van der Waals surface area contributed by atoms with E-state index in [1.54, 1.807) is 26.0 Å². The molecule has 6 heteroatoms. The molecule has 20 heavy (non-hydrogen) atoms. The highest BCUT2D eigenvalue weighted by atomic mass is 16.5. The third-order valence-electron chi connectivity index (χ3n) is 2.97. The molecule has 0 atom stereocenters. The molecule has 1 N–H and O–H groups in total. The van der Waals surface area contributed by atoms with Crippen molar-refractivity contribution in [2.45, 2.75) is 20.5 Å². The molecule has 0 fully saturated rings. The molecule has 0 bridgehead atoms. The van der Waals surface area contributed by atoms with Crippen LogP contribution in [0.15, 0.2) is 22.7 Å². The van der Waals surface area contributed by atoms with Crippen LogP contribution in [-0.2, 0) is 6.61 Å². The molecule has 1 heterocycles. The van der Waals surface area contributed by atoms with E-state index < -0.39 is 5.97 Å². The number of carboxylic acid groups (broad SMARTS) is 1. The van der Waals surface area contributed by atoms with Gasteiger partial charge in [0, 0.05) is 0 Å². The molecule has 0 spiro atoms. The highest BCUT2D eigenvalue weighted by Crippen LogP contribution is 2.32. The summed E-state index contributed by atoms with van der Waals surface area (Å²) in [6, 6.07) is 4.72. The summed E-state index contributed by atoms with van der Waals surface area (Å²) in [4.78, 5) is 11.2. The zero-order chi connectivity index (χ0) is 14.7. The van der Waals surface area contributed by atoms with Crippen molar-refractivity contribution >= 4 is 5.97 Å². The molecule has 2 aromatic rings. The molecule has 2 rings (SSSR count). The minimum atomic E-state index is -1.07. The summed E-state index contributed by atoms with van der Waals surface area (Å²) in [5, 5.41) is 13.0. The van der Waals surface area contributed by atoms with Gasteiger partial charge in [-0.3, -0.25) is 0 Å². The molecule has 0 amide bonds. The smallest absolute Gasteiger partial charge is 0.339 e. The average molecular weight is 277 g/mol. The molecule has 0 aliphatic rings. The molecule has 0 saturated heterocycles. The van der Waals surface area contributed by atoms with Gasteiger partial charge in [-0.25, -0.2) is 4.79 Å². The Morgan fingerprint density at radius 1 is 1.40 bits per heavy atom. The fourth-order valence-corrected chi connectivity index (χ4v) is 1.85. The van der Waals surface area contributed by atoms with Crippen LogP contribution >= 0.6 is 0 Å². The van der Waals surface area contributed by atoms with Crippen LogP contribution in [0.5, 0.6) is 11.5 Å². The van der Waals surface area contributed by atoms with Crippen LogP contribution in [0.1, 0.15) is 27.4 Å². The Bertz CT molecular complexity index is 613. The van der Waals surface area contributed by atoms with Crippen molar-refractivity contribution in [2.75, 3.05) is 7.11 Å². The van der Waals surface area contributed by atoms with E-state index in [4.69, 9.17) is 14.0 Å².